The maximum absolute atomic E-state index is 5.98. The molecule has 92 valence electrons. The molecule has 0 fully saturated rings. The van der Waals surface area contributed by atoms with Crippen LogP contribution in [0.4, 0.5) is 0 Å². The van der Waals surface area contributed by atoms with Gasteiger partial charge in [0.25, 0.3) is 0 Å². The van der Waals surface area contributed by atoms with E-state index in [4.69, 9.17) is 9.47 Å². The van der Waals surface area contributed by atoms with Gasteiger partial charge in [-0.3, -0.25) is 0 Å². The van der Waals surface area contributed by atoms with Gasteiger partial charge in [-0.2, -0.15) is 0 Å². The Bertz CT molecular complexity index is 171. The molecule has 0 saturated heterocycles. The van der Waals surface area contributed by atoms with Gasteiger partial charge in [-0.1, -0.05) is 27.7 Å². The topological polar surface area (TPSA) is 18.5 Å². The Morgan fingerprint density at radius 2 is 1.60 bits per heavy atom. The van der Waals surface area contributed by atoms with Crippen LogP contribution in [0.15, 0.2) is 0 Å². The van der Waals surface area contributed by atoms with Crippen molar-refractivity contribution < 1.29 is 9.47 Å². The Hall–Kier alpha value is -0.0800. The summed E-state index contributed by atoms with van der Waals surface area (Å²) in [6.07, 6.45) is 0.942. The molecule has 0 aromatic rings. The quantitative estimate of drug-likeness (QED) is 0.648. The highest BCUT2D eigenvalue weighted by Crippen LogP contribution is 2.28. The Kier molecular flexibility index (Phi) is 5.82. The fourth-order valence-corrected chi connectivity index (χ4v) is 0.968. The summed E-state index contributed by atoms with van der Waals surface area (Å²) in [7, 11) is 1.73. The van der Waals surface area contributed by atoms with Gasteiger partial charge in [0.1, 0.15) is 0 Å². The zero-order valence-electron chi connectivity index (χ0n) is 11.5. The van der Waals surface area contributed by atoms with Crippen molar-refractivity contribution in [2.24, 2.45) is 11.3 Å². The summed E-state index contributed by atoms with van der Waals surface area (Å²) >= 11 is 0. The number of hydrogen-bond donors (Lipinski definition) is 0. The van der Waals surface area contributed by atoms with E-state index in [0.29, 0.717) is 5.92 Å². The summed E-state index contributed by atoms with van der Waals surface area (Å²) in [6.45, 7) is 14.8. The van der Waals surface area contributed by atoms with E-state index < -0.39 is 0 Å². The predicted molar refractivity (Wildman–Crippen MR) is 65.1 cm³/mol. The average molecular weight is 216 g/mol. The molecule has 0 N–H and O–H groups in total. The molecule has 0 radical (unpaired) electrons. The van der Waals surface area contributed by atoms with Gasteiger partial charge < -0.3 is 9.47 Å². The van der Waals surface area contributed by atoms with E-state index in [1.54, 1.807) is 7.11 Å². The molecule has 0 rings (SSSR count). The van der Waals surface area contributed by atoms with Crippen LogP contribution < -0.4 is 0 Å². The summed E-state index contributed by atoms with van der Waals surface area (Å²) in [5.41, 5.74) is 0.159. The van der Waals surface area contributed by atoms with E-state index in [-0.39, 0.29) is 11.0 Å². The molecule has 0 unspecified atom stereocenters. The lowest BCUT2D eigenvalue weighted by Gasteiger charge is -2.34. The number of ether oxygens (including phenoxy) is 2. The minimum atomic E-state index is -0.0812. The normalized spacial score (nSPS) is 13.6. The van der Waals surface area contributed by atoms with Crippen molar-refractivity contribution in [1.82, 2.24) is 0 Å². The number of methoxy groups -OCH3 is 1. The fourth-order valence-electron chi connectivity index (χ4n) is 0.968. The van der Waals surface area contributed by atoms with E-state index in [9.17, 15) is 0 Å². The molecular formula is C13H28O2. The first-order valence-corrected chi connectivity index (χ1v) is 5.84. The maximum Gasteiger partial charge on any atom is 0.0648 e. The summed E-state index contributed by atoms with van der Waals surface area (Å²) in [5, 5.41) is 0. The summed E-state index contributed by atoms with van der Waals surface area (Å²) < 4.78 is 11.1. The van der Waals surface area contributed by atoms with Gasteiger partial charge in [0.15, 0.2) is 0 Å². The van der Waals surface area contributed by atoms with Gasteiger partial charge >= 0.3 is 0 Å². The highest BCUT2D eigenvalue weighted by Gasteiger charge is 2.27. The summed E-state index contributed by atoms with van der Waals surface area (Å²) in [6, 6.07) is 0. The molecule has 0 aliphatic carbocycles. The summed E-state index contributed by atoms with van der Waals surface area (Å²) in [4.78, 5) is 0. The molecule has 0 heterocycles. The number of hydrogen-bond acceptors (Lipinski definition) is 2. The molecule has 0 aromatic heterocycles. The highest BCUT2D eigenvalue weighted by atomic mass is 16.5. The largest absolute Gasteiger partial charge is 0.385 e. The zero-order chi connectivity index (χ0) is 12.1. The molecule has 0 aliphatic heterocycles. The molecule has 0 bridgehead atoms. The van der Waals surface area contributed by atoms with Crippen LogP contribution in [-0.4, -0.2) is 25.9 Å². The van der Waals surface area contributed by atoms with Gasteiger partial charge in [0.2, 0.25) is 0 Å². The van der Waals surface area contributed by atoms with Crippen LogP contribution in [0.25, 0.3) is 0 Å². The van der Waals surface area contributed by atoms with Crippen molar-refractivity contribution in [1.29, 1.82) is 0 Å². The predicted octanol–water partition coefficient (Wildman–Crippen LogP) is 3.50. The SMILES string of the molecule is COCCC(C)(C)OCC(C)(C)C(C)C. The fraction of sp³-hybridized carbons (Fsp3) is 1.00. The van der Waals surface area contributed by atoms with Gasteiger partial charge in [-0.25, -0.2) is 0 Å². The molecule has 0 aliphatic rings. The van der Waals surface area contributed by atoms with Crippen molar-refractivity contribution in [3.63, 3.8) is 0 Å². The second-order valence-electron chi connectivity index (χ2n) is 5.93. The maximum atomic E-state index is 5.98. The minimum absolute atomic E-state index is 0.0812. The van der Waals surface area contributed by atoms with Crippen LogP contribution in [0, 0.1) is 11.3 Å². The van der Waals surface area contributed by atoms with E-state index in [1.807, 2.05) is 0 Å². The first kappa shape index (κ1) is 14.9. The van der Waals surface area contributed by atoms with Crippen molar-refractivity contribution >= 4 is 0 Å². The lowest BCUT2D eigenvalue weighted by atomic mass is 9.82. The second-order valence-corrected chi connectivity index (χ2v) is 5.93. The van der Waals surface area contributed by atoms with Crippen molar-refractivity contribution in [2.45, 2.75) is 53.6 Å². The summed E-state index contributed by atoms with van der Waals surface area (Å²) in [5.74, 6) is 0.635. The molecule has 2 nitrogen and oxygen atoms in total. The molecule has 0 saturated carbocycles. The van der Waals surface area contributed by atoms with Crippen molar-refractivity contribution in [3.8, 4) is 0 Å². The van der Waals surface area contributed by atoms with Crippen LogP contribution in [0.2, 0.25) is 0 Å². The van der Waals surface area contributed by atoms with Crippen LogP contribution in [0.3, 0.4) is 0 Å². The third-order valence-electron chi connectivity index (χ3n) is 3.31. The standard InChI is InChI=1S/C13H28O2/c1-11(2)12(3,4)10-15-13(5,6)8-9-14-7/h11H,8-10H2,1-7H3. The molecule has 0 amide bonds. The van der Waals surface area contributed by atoms with Gasteiger partial charge in [0.05, 0.1) is 12.2 Å². The van der Waals surface area contributed by atoms with E-state index in [1.165, 1.54) is 0 Å². The average Bonchev–Trinajstić information content (AvgIpc) is 2.12. The van der Waals surface area contributed by atoms with Crippen molar-refractivity contribution in [3.05, 3.63) is 0 Å². The molecular weight excluding hydrogens is 188 g/mol. The molecule has 0 aromatic carbocycles. The van der Waals surface area contributed by atoms with E-state index in [0.717, 1.165) is 19.6 Å². The van der Waals surface area contributed by atoms with Crippen molar-refractivity contribution in [2.75, 3.05) is 20.3 Å². The monoisotopic (exact) mass is 216 g/mol. The Morgan fingerprint density at radius 1 is 1.07 bits per heavy atom. The Balaban J connectivity index is 4.02. The van der Waals surface area contributed by atoms with Crippen LogP contribution in [0.1, 0.15) is 48.0 Å². The van der Waals surface area contributed by atoms with Gasteiger partial charge in [-0.15, -0.1) is 0 Å². The number of rotatable bonds is 7. The highest BCUT2D eigenvalue weighted by molar-refractivity contribution is 4.75. The lowest BCUT2D eigenvalue weighted by Crippen LogP contribution is -2.34. The zero-order valence-corrected chi connectivity index (χ0v) is 11.5. The van der Waals surface area contributed by atoms with Gasteiger partial charge in [-0.05, 0) is 31.6 Å². The smallest absolute Gasteiger partial charge is 0.0648 e. The third kappa shape index (κ3) is 6.16. The van der Waals surface area contributed by atoms with Gasteiger partial charge in [0, 0.05) is 13.7 Å². The van der Waals surface area contributed by atoms with Crippen LogP contribution in [-0.2, 0) is 9.47 Å². The Morgan fingerprint density at radius 3 is 2.00 bits per heavy atom. The first-order chi connectivity index (χ1) is 6.71. The molecule has 0 atom stereocenters. The second kappa shape index (κ2) is 5.86. The lowest BCUT2D eigenvalue weighted by molar-refractivity contribution is -0.0775. The Labute approximate surface area is 95.3 Å². The van der Waals surface area contributed by atoms with E-state index in [2.05, 4.69) is 41.5 Å². The van der Waals surface area contributed by atoms with Crippen LogP contribution >= 0.6 is 0 Å². The molecule has 2 heteroatoms. The molecule has 0 spiro atoms. The van der Waals surface area contributed by atoms with Crippen LogP contribution in [0.5, 0.6) is 0 Å². The third-order valence-corrected chi connectivity index (χ3v) is 3.31. The van der Waals surface area contributed by atoms with E-state index >= 15 is 0 Å². The minimum Gasteiger partial charge on any atom is -0.385 e. The first-order valence-electron chi connectivity index (χ1n) is 5.84. The molecule has 15 heavy (non-hydrogen) atoms.